The van der Waals surface area contributed by atoms with Crippen LogP contribution in [0.2, 0.25) is 0 Å². The maximum Gasteiger partial charge on any atom is 0.0628 e. The highest BCUT2D eigenvalue weighted by atomic mass is 15.3. The van der Waals surface area contributed by atoms with Gasteiger partial charge in [-0.15, -0.1) is 6.58 Å². The molecule has 0 aliphatic heterocycles. The van der Waals surface area contributed by atoms with E-state index in [0.29, 0.717) is 6.04 Å². The number of nitrogens with zero attached hydrogens (tertiary/aromatic N) is 2. The van der Waals surface area contributed by atoms with E-state index in [1.807, 2.05) is 17.8 Å². The lowest BCUT2D eigenvalue weighted by molar-refractivity contribution is 0.455. The van der Waals surface area contributed by atoms with Crippen LogP contribution >= 0.6 is 0 Å². The third-order valence-electron chi connectivity index (χ3n) is 3.80. The monoisotopic (exact) mass is 263 g/mol. The quantitative estimate of drug-likeness (QED) is 0.693. The molecule has 3 nitrogen and oxygen atoms in total. The van der Waals surface area contributed by atoms with Crippen molar-refractivity contribution in [2.75, 3.05) is 6.54 Å². The van der Waals surface area contributed by atoms with Gasteiger partial charge in [0.15, 0.2) is 0 Å². The van der Waals surface area contributed by atoms with Crippen LogP contribution in [0.25, 0.3) is 0 Å². The zero-order valence-corrected chi connectivity index (χ0v) is 13.0. The van der Waals surface area contributed by atoms with E-state index < -0.39 is 0 Å². The molecule has 0 fully saturated rings. The zero-order valence-electron chi connectivity index (χ0n) is 13.0. The molecule has 0 saturated carbocycles. The molecule has 0 radical (unpaired) electrons. The number of aryl methyl sites for hydroxylation is 2. The summed E-state index contributed by atoms with van der Waals surface area (Å²) in [5.41, 5.74) is 3.90. The number of nitrogens with one attached hydrogen (secondary N) is 1. The van der Waals surface area contributed by atoms with Crippen LogP contribution < -0.4 is 5.32 Å². The maximum atomic E-state index is 4.49. The molecular weight excluding hydrogens is 234 g/mol. The Morgan fingerprint density at radius 1 is 1.37 bits per heavy atom. The Labute approximate surface area is 118 Å². The third kappa shape index (κ3) is 4.83. The highest BCUT2D eigenvalue weighted by Gasteiger charge is 2.12. The van der Waals surface area contributed by atoms with E-state index in [1.165, 1.54) is 36.2 Å². The van der Waals surface area contributed by atoms with Gasteiger partial charge in [0.2, 0.25) is 0 Å². The van der Waals surface area contributed by atoms with Gasteiger partial charge in [0.05, 0.1) is 5.69 Å². The van der Waals surface area contributed by atoms with Crippen molar-refractivity contribution >= 4 is 0 Å². The van der Waals surface area contributed by atoms with Gasteiger partial charge in [0, 0.05) is 18.8 Å². The number of rotatable bonds is 9. The highest BCUT2D eigenvalue weighted by molar-refractivity contribution is 5.24. The minimum atomic E-state index is 0.594. The molecule has 0 saturated heterocycles. The van der Waals surface area contributed by atoms with Gasteiger partial charge in [-0.05, 0) is 58.1 Å². The van der Waals surface area contributed by atoms with Crippen molar-refractivity contribution in [1.29, 1.82) is 0 Å². The smallest absolute Gasteiger partial charge is 0.0628 e. The van der Waals surface area contributed by atoms with Crippen molar-refractivity contribution in [2.24, 2.45) is 7.05 Å². The van der Waals surface area contributed by atoms with Gasteiger partial charge < -0.3 is 5.32 Å². The first-order valence-corrected chi connectivity index (χ1v) is 7.43. The SMILES string of the molecule is C=CCCC(CCc1c(C)nn(C)c1C)NCCC. The number of hydrogen-bond acceptors (Lipinski definition) is 2. The molecule has 108 valence electrons. The Bertz CT molecular complexity index is 393. The lowest BCUT2D eigenvalue weighted by atomic mass is 10.0. The van der Waals surface area contributed by atoms with Gasteiger partial charge in [0.1, 0.15) is 0 Å². The first kappa shape index (κ1) is 16.0. The van der Waals surface area contributed by atoms with E-state index in [1.54, 1.807) is 0 Å². The Kier molecular flexibility index (Phi) is 6.85. The second-order valence-electron chi connectivity index (χ2n) is 5.33. The standard InChI is InChI=1S/C16H29N3/c1-6-8-9-15(17-12-7-2)10-11-16-13(3)18-19(5)14(16)4/h6,15,17H,1,7-12H2,2-5H3. The zero-order chi connectivity index (χ0) is 14.3. The minimum Gasteiger partial charge on any atom is -0.314 e. The van der Waals surface area contributed by atoms with Crippen molar-refractivity contribution in [1.82, 2.24) is 15.1 Å². The van der Waals surface area contributed by atoms with Crippen molar-refractivity contribution in [2.45, 2.75) is 58.9 Å². The molecule has 0 amide bonds. The molecular formula is C16H29N3. The molecule has 1 aromatic heterocycles. The van der Waals surface area contributed by atoms with Crippen molar-refractivity contribution in [3.05, 3.63) is 29.6 Å². The average Bonchev–Trinajstić information content (AvgIpc) is 2.63. The predicted molar refractivity (Wildman–Crippen MR) is 82.5 cm³/mol. The number of aromatic nitrogens is 2. The summed E-state index contributed by atoms with van der Waals surface area (Å²) in [5.74, 6) is 0. The molecule has 0 bridgehead atoms. The summed E-state index contributed by atoms with van der Waals surface area (Å²) in [6, 6.07) is 0.594. The summed E-state index contributed by atoms with van der Waals surface area (Å²) in [6.07, 6.45) is 7.77. The summed E-state index contributed by atoms with van der Waals surface area (Å²) in [7, 11) is 2.02. The van der Waals surface area contributed by atoms with Crippen LogP contribution in [0, 0.1) is 13.8 Å². The van der Waals surface area contributed by atoms with Crippen LogP contribution in [0.3, 0.4) is 0 Å². The lowest BCUT2D eigenvalue weighted by Gasteiger charge is -2.18. The molecule has 0 aliphatic rings. The molecule has 1 aromatic rings. The topological polar surface area (TPSA) is 29.9 Å². The van der Waals surface area contributed by atoms with Gasteiger partial charge in [-0.25, -0.2) is 0 Å². The fourth-order valence-corrected chi connectivity index (χ4v) is 2.51. The average molecular weight is 263 g/mol. The van der Waals surface area contributed by atoms with Crippen LogP contribution in [0.5, 0.6) is 0 Å². The molecule has 1 heterocycles. The Balaban J connectivity index is 2.56. The maximum absolute atomic E-state index is 4.49. The molecule has 1 unspecified atom stereocenters. The fraction of sp³-hybridized carbons (Fsp3) is 0.688. The van der Waals surface area contributed by atoms with E-state index in [9.17, 15) is 0 Å². The first-order valence-electron chi connectivity index (χ1n) is 7.43. The minimum absolute atomic E-state index is 0.594. The second kappa shape index (κ2) is 8.16. The lowest BCUT2D eigenvalue weighted by Crippen LogP contribution is -2.30. The second-order valence-corrected chi connectivity index (χ2v) is 5.33. The van der Waals surface area contributed by atoms with Crippen LogP contribution in [0.1, 0.15) is 49.6 Å². The molecule has 1 rings (SSSR count). The Morgan fingerprint density at radius 2 is 2.11 bits per heavy atom. The molecule has 1 atom stereocenters. The van der Waals surface area contributed by atoms with E-state index in [2.05, 4.69) is 37.8 Å². The molecule has 0 spiro atoms. The van der Waals surface area contributed by atoms with E-state index >= 15 is 0 Å². The number of hydrogen-bond donors (Lipinski definition) is 1. The van der Waals surface area contributed by atoms with E-state index in [0.717, 1.165) is 19.4 Å². The van der Waals surface area contributed by atoms with E-state index in [-0.39, 0.29) is 0 Å². The van der Waals surface area contributed by atoms with Crippen molar-refractivity contribution in [3.63, 3.8) is 0 Å². The molecule has 0 aromatic carbocycles. The van der Waals surface area contributed by atoms with Crippen LogP contribution in [0.15, 0.2) is 12.7 Å². The van der Waals surface area contributed by atoms with E-state index in [4.69, 9.17) is 0 Å². The summed E-state index contributed by atoms with van der Waals surface area (Å²) in [5, 5.41) is 8.14. The molecule has 19 heavy (non-hydrogen) atoms. The normalized spacial score (nSPS) is 12.6. The summed E-state index contributed by atoms with van der Waals surface area (Å²) < 4.78 is 1.99. The van der Waals surface area contributed by atoms with Gasteiger partial charge in [-0.2, -0.15) is 5.10 Å². The highest BCUT2D eigenvalue weighted by Crippen LogP contribution is 2.16. The molecule has 0 aliphatic carbocycles. The summed E-state index contributed by atoms with van der Waals surface area (Å²) in [4.78, 5) is 0. The van der Waals surface area contributed by atoms with Gasteiger partial charge in [-0.3, -0.25) is 4.68 Å². The first-order chi connectivity index (χ1) is 9.10. The third-order valence-corrected chi connectivity index (χ3v) is 3.80. The predicted octanol–water partition coefficient (Wildman–Crippen LogP) is 3.30. The summed E-state index contributed by atoms with van der Waals surface area (Å²) in [6.45, 7) is 11.4. The fourth-order valence-electron chi connectivity index (χ4n) is 2.51. The van der Waals surface area contributed by atoms with Crippen molar-refractivity contribution in [3.8, 4) is 0 Å². The van der Waals surface area contributed by atoms with Gasteiger partial charge in [0.25, 0.3) is 0 Å². The Hall–Kier alpha value is -1.09. The van der Waals surface area contributed by atoms with Crippen LogP contribution in [-0.2, 0) is 13.5 Å². The van der Waals surface area contributed by atoms with Crippen LogP contribution in [-0.4, -0.2) is 22.4 Å². The summed E-state index contributed by atoms with van der Waals surface area (Å²) >= 11 is 0. The van der Waals surface area contributed by atoms with Crippen molar-refractivity contribution < 1.29 is 0 Å². The largest absolute Gasteiger partial charge is 0.314 e. The number of allylic oxidation sites excluding steroid dienone is 1. The van der Waals surface area contributed by atoms with Gasteiger partial charge >= 0.3 is 0 Å². The Morgan fingerprint density at radius 3 is 2.63 bits per heavy atom. The molecule has 1 N–H and O–H groups in total. The molecule has 3 heteroatoms. The van der Waals surface area contributed by atoms with Gasteiger partial charge in [-0.1, -0.05) is 13.0 Å². The van der Waals surface area contributed by atoms with Crippen LogP contribution in [0.4, 0.5) is 0 Å².